The predicted molar refractivity (Wildman–Crippen MR) is 79.6 cm³/mol. The Morgan fingerprint density at radius 3 is 1.62 bits per heavy atom. The molecule has 0 rings (SSSR count). The van der Waals surface area contributed by atoms with Crippen LogP contribution >= 0.6 is 0 Å². The first kappa shape index (κ1) is 16.0. The molecule has 1 heteroatoms. The summed E-state index contributed by atoms with van der Waals surface area (Å²) in [6.45, 7) is 19.1. The van der Waals surface area contributed by atoms with Gasteiger partial charge >= 0.3 is 0 Å². The fourth-order valence-corrected chi connectivity index (χ4v) is 5.01. The predicted octanol–water partition coefficient (Wildman–Crippen LogP) is 5.81. The van der Waals surface area contributed by atoms with Gasteiger partial charge in [-0.15, -0.1) is 0 Å². The minimum absolute atomic E-state index is 0.368. The lowest BCUT2D eigenvalue weighted by molar-refractivity contribution is 0.462. The van der Waals surface area contributed by atoms with Crippen LogP contribution in [0.5, 0.6) is 0 Å². The van der Waals surface area contributed by atoms with Gasteiger partial charge in [-0.25, -0.2) is 0 Å². The van der Waals surface area contributed by atoms with Crippen LogP contribution in [0.3, 0.4) is 0 Å². The molecule has 0 atom stereocenters. The van der Waals surface area contributed by atoms with Gasteiger partial charge in [-0.1, -0.05) is 79.3 Å². The van der Waals surface area contributed by atoms with E-state index in [9.17, 15) is 0 Å². The molecule has 0 N–H and O–H groups in total. The van der Waals surface area contributed by atoms with Crippen LogP contribution in [0, 0.1) is 5.41 Å². The number of rotatable bonds is 6. The lowest BCUT2D eigenvalue weighted by Gasteiger charge is -2.40. The molecule has 0 aromatic rings. The van der Waals surface area contributed by atoms with Crippen LogP contribution in [0.15, 0.2) is 11.8 Å². The summed E-state index contributed by atoms with van der Waals surface area (Å²) in [4.78, 5) is 0. The smallest absolute Gasteiger partial charge is 0.0771 e. The third-order valence-corrected chi connectivity index (χ3v) is 9.80. The molecule has 0 amide bonds. The standard InChI is InChI=1S/C15H32Si/c1-9-14(4,5)12-13-16(7,8)15(6,10-2)11-3/h12-13H,9-11H2,1-8H3. The van der Waals surface area contributed by atoms with Crippen molar-refractivity contribution in [2.45, 2.75) is 78.9 Å². The van der Waals surface area contributed by atoms with Crippen LogP contribution in [-0.4, -0.2) is 8.07 Å². The second-order valence-electron chi connectivity index (χ2n) is 6.66. The molecule has 0 aliphatic carbocycles. The van der Waals surface area contributed by atoms with E-state index in [1.807, 2.05) is 0 Å². The Bertz CT molecular complexity index is 232. The zero-order valence-electron chi connectivity index (χ0n) is 12.8. The van der Waals surface area contributed by atoms with Crippen molar-refractivity contribution in [3.63, 3.8) is 0 Å². The normalized spacial score (nSPS) is 14.8. The van der Waals surface area contributed by atoms with E-state index in [0.29, 0.717) is 10.5 Å². The molecule has 0 heterocycles. The SMILES string of the molecule is CCC(C)(C)C=C[Si](C)(C)C(C)(CC)CC. The van der Waals surface area contributed by atoms with Gasteiger partial charge in [-0.2, -0.15) is 0 Å². The van der Waals surface area contributed by atoms with Crippen molar-refractivity contribution in [1.29, 1.82) is 0 Å². The van der Waals surface area contributed by atoms with Crippen molar-refractivity contribution in [1.82, 2.24) is 0 Å². The van der Waals surface area contributed by atoms with E-state index < -0.39 is 8.07 Å². The second-order valence-corrected chi connectivity index (χ2v) is 11.6. The average Bonchev–Trinajstić information content (AvgIpc) is 2.25. The van der Waals surface area contributed by atoms with Crippen molar-refractivity contribution >= 4 is 8.07 Å². The van der Waals surface area contributed by atoms with E-state index in [1.54, 1.807) is 0 Å². The molecule has 0 aromatic heterocycles. The highest BCUT2D eigenvalue weighted by molar-refractivity contribution is 6.84. The maximum atomic E-state index is 2.59. The van der Waals surface area contributed by atoms with E-state index in [0.717, 1.165) is 0 Å². The Hall–Kier alpha value is -0.0431. The molecule has 0 unspecified atom stereocenters. The van der Waals surface area contributed by atoms with Crippen molar-refractivity contribution in [3.8, 4) is 0 Å². The quantitative estimate of drug-likeness (QED) is 0.514. The fourth-order valence-electron chi connectivity index (χ4n) is 1.91. The first-order valence-corrected chi connectivity index (χ1v) is 9.92. The van der Waals surface area contributed by atoms with Gasteiger partial charge in [0, 0.05) is 0 Å². The zero-order valence-corrected chi connectivity index (χ0v) is 13.8. The zero-order chi connectivity index (χ0) is 13.0. The summed E-state index contributed by atoms with van der Waals surface area (Å²) in [7, 11) is -1.26. The van der Waals surface area contributed by atoms with Gasteiger partial charge in [0.2, 0.25) is 0 Å². The second kappa shape index (κ2) is 5.53. The van der Waals surface area contributed by atoms with E-state index >= 15 is 0 Å². The van der Waals surface area contributed by atoms with Gasteiger partial charge in [-0.05, 0) is 16.9 Å². The maximum absolute atomic E-state index is 2.59. The van der Waals surface area contributed by atoms with Crippen LogP contribution in [-0.2, 0) is 0 Å². The van der Waals surface area contributed by atoms with Gasteiger partial charge in [0.25, 0.3) is 0 Å². The molecule has 0 saturated heterocycles. The lowest BCUT2D eigenvalue weighted by atomic mass is 9.91. The van der Waals surface area contributed by atoms with Crippen LogP contribution in [0.1, 0.15) is 60.8 Å². The molecule has 0 aliphatic heterocycles. The molecule has 0 saturated carbocycles. The van der Waals surface area contributed by atoms with E-state index in [1.165, 1.54) is 19.3 Å². The summed E-state index contributed by atoms with van der Waals surface area (Å²) in [5, 5.41) is 0.549. The average molecular weight is 241 g/mol. The van der Waals surface area contributed by atoms with Crippen LogP contribution in [0.4, 0.5) is 0 Å². The van der Waals surface area contributed by atoms with Crippen molar-refractivity contribution in [2.24, 2.45) is 5.41 Å². The number of allylic oxidation sites excluding steroid dienone is 1. The lowest BCUT2D eigenvalue weighted by Crippen LogP contribution is -2.38. The van der Waals surface area contributed by atoms with Crippen LogP contribution in [0.25, 0.3) is 0 Å². The van der Waals surface area contributed by atoms with Gasteiger partial charge < -0.3 is 0 Å². The topological polar surface area (TPSA) is 0 Å². The minimum atomic E-state index is -1.26. The Kier molecular flexibility index (Phi) is 5.51. The summed E-state index contributed by atoms with van der Waals surface area (Å²) in [5.41, 5.74) is 2.95. The number of hydrogen-bond acceptors (Lipinski definition) is 0. The third-order valence-electron chi connectivity index (χ3n) is 4.98. The van der Waals surface area contributed by atoms with E-state index in [-0.39, 0.29) is 0 Å². The van der Waals surface area contributed by atoms with Crippen molar-refractivity contribution in [2.75, 3.05) is 0 Å². The van der Waals surface area contributed by atoms with Gasteiger partial charge in [0.15, 0.2) is 0 Å². The van der Waals surface area contributed by atoms with Crippen molar-refractivity contribution in [3.05, 3.63) is 11.8 Å². The molecule has 0 radical (unpaired) electrons. The maximum Gasteiger partial charge on any atom is 0.0771 e. The first-order valence-electron chi connectivity index (χ1n) is 6.84. The molecule has 0 spiro atoms. The summed E-state index contributed by atoms with van der Waals surface area (Å²) >= 11 is 0. The van der Waals surface area contributed by atoms with Crippen molar-refractivity contribution < 1.29 is 0 Å². The molecule has 0 fully saturated rings. The van der Waals surface area contributed by atoms with Crippen LogP contribution < -0.4 is 0 Å². The van der Waals surface area contributed by atoms with Gasteiger partial charge in [-0.3, -0.25) is 0 Å². The molecule has 0 aromatic carbocycles. The largest absolute Gasteiger partial charge is 0.0976 e. The molecule has 0 aliphatic rings. The fraction of sp³-hybridized carbons (Fsp3) is 0.867. The molecule has 16 heavy (non-hydrogen) atoms. The summed E-state index contributed by atoms with van der Waals surface area (Å²) in [5.74, 6) is 0. The molecule has 0 nitrogen and oxygen atoms in total. The number of hydrogen-bond donors (Lipinski definition) is 0. The Balaban J connectivity index is 4.94. The highest BCUT2D eigenvalue weighted by Gasteiger charge is 2.38. The minimum Gasteiger partial charge on any atom is -0.0976 e. The highest BCUT2D eigenvalue weighted by atomic mass is 28.3. The Morgan fingerprint density at radius 1 is 0.875 bits per heavy atom. The Morgan fingerprint density at radius 2 is 1.31 bits per heavy atom. The monoisotopic (exact) mass is 240 g/mol. The molecular weight excluding hydrogens is 208 g/mol. The molecule has 96 valence electrons. The van der Waals surface area contributed by atoms with Crippen LogP contribution in [0.2, 0.25) is 18.1 Å². The van der Waals surface area contributed by atoms with Gasteiger partial charge in [0.05, 0.1) is 8.07 Å². The Labute approximate surface area is 105 Å². The molecular formula is C15H32Si. The highest BCUT2D eigenvalue weighted by Crippen LogP contribution is 2.45. The first-order chi connectivity index (χ1) is 7.14. The van der Waals surface area contributed by atoms with E-state index in [2.05, 4.69) is 66.4 Å². The third kappa shape index (κ3) is 3.76. The summed E-state index contributed by atoms with van der Waals surface area (Å²) in [6, 6.07) is 0. The summed E-state index contributed by atoms with van der Waals surface area (Å²) < 4.78 is 0. The van der Waals surface area contributed by atoms with Gasteiger partial charge in [0.1, 0.15) is 0 Å². The molecule has 0 bridgehead atoms. The summed E-state index contributed by atoms with van der Waals surface area (Å²) in [6.07, 6.45) is 6.31. The van der Waals surface area contributed by atoms with E-state index in [4.69, 9.17) is 0 Å².